The Bertz CT molecular complexity index is 889. The smallest absolute Gasteiger partial charge is 0.276 e. The summed E-state index contributed by atoms with van der Waals surface area (Å²) in [5.74, 6) is 1.15. The number of para-hydroxylation sites is 1. The van der Waals surface area contributed by atoms with E-state index in [9.17, 15) is 4.79 Å². The van der Waals surface area contributed by atoms with Crippen molar-refractivity contribution >= 4 is 28.5 Å². The molecular formula is C19H22N4OS. The SMILES string of the molecule is CCSC1=NN2C(=c3ccccc3=N[C@@H]2[C@H]2CC=C(C)CC2)C(=O)N1. The molecular weight excluding hydrogens is 332 g/mol. The van der Waals surface area contributed by atoms with Gasteiger partial charge in [-0.05, 0) is 38.0 Å². The molecule has 1 N–H and O–H groups in total. The molecule has 130 valence electrons. The fourth-order valence-corrected chi connectivity index (χ4v) is 4.20. The number of rotatable bonds is 2. The number of carbonyl (C=O) groups is 1. The lowest BCUT2D eigenvalue weighted by Gasteiger charge is -2.38. The molecule has 0 aromatic heterocycles. The molecule has 2 atom stereocenters. The first kappa shape index (κ1) is 16.4. The molecule has 0 bridgehead atoms. The average molecular weight is 354 g/mol. The molecule has 0 saturated carbocycles. The van der Waals surface area contributed by atoms with Crippen molar-refractivity contribution in [1.82, 2.24) is 10.3 Å². The van der Waals surface area contributed by atoms with E-state index in [-0.39, 0.29) is 12.1 Å². The van der Waals surface area contributed by atoms with Gasteiger partial charge in [-0.2, -0.15) is 0 Å². The minimum Gasteiger partial charge on any atom is -0.298 e. The molecule has 1 aromatic rings. The number of thioether (sulfide) groups is 1. The third-order valence-electron chi connectivity index (χ3n) is 4.93. The van der Waals surface area contributed by atoms with E-state index in [2.05, 4.69) is 25.2 Å². The molecule has 0 spiro atoms. The quantitative estimate of drug-likeness (QED) is 0.826. The topological polar surface area (TPSA) is 57.1 Å². The molecule has 0 radical (unpaired) electrons. The number of amides is 1. The fraction of sp³-hybridized carbons (Fsp3) is 0.421. The zero-order valence-corrected chi connectivity index (χ0v) is 15.3. The molecule has 2 aliphatic heterocycles. The molecule has 1 aliphatic carbocycles. The van der Waals surface area contributed by atoms with Crippen molar-refractivity contribution in [3.8, 4) is 0 Å². The predicted molar refractivity (Wildman–Crippen MR) is 101 cm³/mol. The van der Waals surface area contributed by atoms with Crippen LogP contribution >= 0.6 is 11.8 Å². The molecule has 3 aliphatic rings. The Balaban J connectivity index is 1.84. The van der Waals surface area contributed by atoms with Crippen LogP contribution in [0.15, 0.2) is 46.0 Å². The van der Waals surface area contributed by atoms with Crippen molar-refractivity contribution in [2.45, 2.75) is 39.3 Å². The Kier molecular flexibility index (Phi) is 4.37. The van der Waals surface area contributed by atoms with Crippen LogP contribution in [0.3, 0.4) is 0 Å². The van der Waals surface area contributed by atoms with Crippen molar-refractivity contribution in [3.63, 3.8) is 0 Å². The standard InChI is InChI=1S/C19H22N4OS/c1-3-25-19-21-18(24)16-14-6-4-5-7-15(14)20-17(23(16)22-19)13-10-8-12(2)9-11-13/h4-8,13,17H,3,9-11H2,1-2H3,(H,21,22,24)/t13-,17-/m0/s1. The van der Waals surface area contributed by atoms with Crippen LogP contribution in [0.2, 0.25) is 0 Å². The van der Waals surface area contributed by atoms with E-state index in [0.29, 0.717) is 16.8 Å². The number of hydrogen-bond donors (Lipinski definition) is 1. The second-order valence-electron chi connectivity index (χ2n) is 6.63. The van der Waals surface area contributed by atoms with Crippen molar-refractivity contribution in [2.24, 2.45) is 16.0 Å². The van der Waals surface area contributed by atoms with Gasteiger partial charge < -0.3 is 0 Å². The molecule has 1 amide bonds. The first-order valence-electron chi connectivity index (χ1n) is 8.82. The van der Waals surface area contributed by atoms with Crippen LogP contribution in [0.1, 0.15) is 33.1 Å². The molecule has 5 nitrogen and oxygen atoms in total. The van der Waals surface area contributed by atoms with E-state index in [1.807, 2.05) is 29.3 Å². The van der Waals surface area contributed by atoms with Gasteiger partial charge in [0.05, 0.1) is 5.36 Å². The number of allylic oxidation sites excluding steroid dienone is 2. The van der Waals surface area contributed by atoms with Gasteiger partial charge >= 0.3 is 0 Å². The summed E-state index contributed by atoms with van der Waals surface area (Å²) in [4.78, 5) is 17.8. The van der Waals surface area contributed by atoms with E-state index < -0.39 is 0 Å². The van der Waals surface area contributed by atoms with Crippen molar-refractivity contribution in [3.05, 3.63) is 46.5 Å². The second-order valence-corrected chi connectivity index (χ2v) is 7.88. The van der Waals surface area contributed by atoms with Gasteiger partial charge in [0.15, 0.2) is 5.17 Å². The number of hydrazone groups is 1. The van der Waals surface area contributed by atoms with Crippen molar-refractivity contribution < 1.29 is 4.79 Å². The van der Waals surface area contributed by atoms with Gasteiger partial charge in [0, 0.05) is 11.1 Å². The zero-order chi connectivity index (χ0) is 17.4. The summed E-state index contributed by atoms with van der Waals surface area (Å²) < 4.78 is 0. The van der Waals surface area contributed by atoms with E-state index in [1.165, 1.54) is 5.57 Å². The summed E-state index contributed by atoms with van der Waals surface area (Å²) in [6.45, 7) is 4.24. The van der Waals surface area contributed by atoms with Gasteiger partial charge in [-0.25, -0.2) is 5.01 Å². The van der Waals surface area contributed by atoms with E-state index in [4.69, 9.17) is 10.1 Å². The lowest BCUT2D eigenvalue weighted by molar-refractivity contribution is -0.116. The van der Waals surface area contributed by atoms with Crippen molar-refractivity contribution in [1.29, 1.82) is 0 Å². The average Bonchev–Trinajstić information content (AvgIpc) is 2.62. The molecule has 0 saturated heterocycles. The minimum absolute atomic E-state index is 0.0826. The predicted octanol–water partition coefficient (Wildman–Crippen LogP) is 1.96. The number of benzene rings is 1. The highest BCUT2D eigenvalue weighted by Gasteiger charge is 2.37. The Morgan fingerprint density at radius 3 is 2.96 bits per heavy atom. The van der Waals surface area contributed by atoms with Gasteiger partial charge in [-0.15, -0.1) is 5.10 Å². The summed E-state index contributed by atoms with van der Waals surface area (Å²) in [5.41, 5.74) is 2.07. The van der Waals surface area contributed by atoms with Gasteiger partial charge in [0.1, 0.15) is 11.9 Å². The Morgan fingerprint density at radius 2 is 2.20 bits per heavy atom. The van der Waals surface area contributed by atoms with Gasteiger partial charge in [0.2, 0.25) is 0 Å². The summed E-state index contributed by atoms with van der Waals surface area (Å²) >= 11 is 1.55. The zero-order valence-electron chi connectivity index (χ0n) is 14.5. The number of nitrogens with one attached hydrogen (secondary N) is 1. The normalized spacial score (nSPS) is 25.3. The first-order valence-corrected chi connectivity index (χ1v) is 9.80. The highest BCUT2D eigenvalue weighted by atomic mass is 32.2. The Labute approximate surface area is 151 Å². The second kappa shape index (κ2) is 6.67. The van der Waals surface area contributed by atoms with Crippen LogP contribution < -0.4 is 15.9 Å². The lowest BCUT2D eigenvalue weighted by Crippen LogP contribution is -2.54. The van der Waals surface area contributed by atoms with Crippen molar-refractivity contribution in [2.75, 3.05) is 5.75 Å². The largest absolute Gasteiger partial charge is 0.298 e. The molecule has 1 aromatic carbocycles. The molecule has 2 heterocycles. The maximum atomic E-state index is 12.8. The van der Waals surface area contributed by atoms with Crippen LogP contribution in [0.4, 0.5) is 0 Å². The van der Waals surface area contributed by atoms with Crippen LogP contribution in [-0.2, 0) is 4.79 Å². The minimum atomic E-state index is -0.118. The summed E-state index contributed by atoms with van der Waals surface area (Å²) in [7, 11) is 0. The third kappa shape index (κ3) is 2.99. The van der Waals surface area contributed by atoms with Gasteiger partial charge in [-0.1, -0.05) is 48.5 Å². The number of hydrogen-bond acceptors (Lipinski definition) is 5. The maximum Gasteiger partial charge on any atom is 0.276 e. The lowest BCUT2D eigenvalue weighted by atomic mass is 9.87. The number of carbonyl (C=O) groups excluding carboxylic acids is 1. The fourth-order valence-electron chi connectivity index (χ4n) is 3.62. The maximum absolute atomic E-state index is 12.8. The van der Waals surface area contributed by atoms with E-state index in [1.54, 1.807) is 11.8 Å². The number of amidine groups is 1. The third-order valence-corrected chi connectivity index (χ3v) is 5.67. The van der Waals surface area contributed by atoms with Crippen LogP contribution in [0, 0.1) is 5.92 Å². The van der Waals surface area contributed by atoms with Crippen LogP contribution in [0.5, 0.6) is 0 Å². The highest BCUT2D eigenvalue weighted by molar-refractivity contribution is 8.13. The molecule has 6 heteroatoms. The van der Waals surface area contributed by atoms with Crippen LogP contribution in [0.25, 0.3) is 5.70 Å². The highest BCUT2D eigenvalue weighted by Crippen LogP contribution is 2.32. The number of nitrogens with zero attached hydrogens (tertiary/aromatic N) is 3. The molecule has 25 heavy (non-hydrogen) atoms. The molecule has 0 unspecified atom stereocenters. The Morgan fingerprint density at radius 1 is 1.36 bits per heavy atom. The molecule has 0 fully saturated rings. The first-order chi connectivity index (χ1) is 12.2. The summed E-state index contributed by atoms with van der Waals surface area (Å²) in [5, 5.41) is 12.0. The molecule has 4 rings (SSSR count). The Hall–Kier alpha value is -2.08. The van der Waals surface area contributed by atoms with Crippen LogP contribution in [-0.4, -0.2) is 28.0 Å². The van der Waals surface area contributed by atoms with Gasteiger partial charge in [-0.3, -0.25) is 15.1 Å². The number of fused-ring (bicyclic) bond motifs is 2. The summed E-state index contributed by atoms with van der Waals surface area (Å²) in [6.07, 6.45) is 5.34. The van der Waals surface area contributed by atoms with Gasteiger partial charge in [0.25, 0.3) is 5.91 Å². The monoisotopic (exact) mass is 354 g/mol. The summed E-state index contributed by atoms with van der Waals surface area (Å²) in [6, 6.07) is 7.86. The van der Waals surface area contributed by atoms with E-state index >= 15 is 0 Å². The van der Waals surface area contributed by atoms with E-state index in [0.717, 1.165) is 35.6 Å².